The molecule has 1 aromatic rings. The molecule has 0 aliphatic heterocycles. The number of nitriles is 1. The fraction of sp³-hybridized carbons (Fsp3) is 0.417. The van der Waals surface area contributed by atoms with Gasteiger partial charge in [-0.15, -0.1) is 0 Å². The van der Waals surface area contributed by atoms with Crippen molar-refractivity contribution >= 4 is 17.4 Å². The largest absolute Gasteiger partial charge is 0.372 e. The molecule has 80 valence electrons. The van der Waals surface area contributed by atoms with Gasteiger partial charge in [-0.05, 0) is 24.8 Å². The Labute approximate surface area is 95.9 Å². The molecule has 0 bridgehead atoms. The first-order valence-electron chi connectivity index (χ1n) is 4.90. The minimum atomic E-state index is 0.763. The van der Waals surface area contributed by atoms with Gasteiger partial charge in [0.15, 0.2) is 0 Å². The molecule has 0 aliphatic rings. The van der Waals surface area contributed by atoms with Gasteiger partial charge in [-0.25, -0.2) is 0 Å². The Balaban J connectivity index is 2.96. The zero-order valence-corrected chi connectivity index (χ0v) is 10.3. The number of thioether (sulfide) groups is 1. The summed E-state index contributed by atoms with van der Waals surface area (Å²) in [5, 5.41) is 9.04. The number of aryl methyl sites for hydroxylation is 1. The summed E-state index contributed by atoms with van der Waals surface area (Å²) in [5.74, 6) is 1.08. The van der Waals surface area contributed by atoms with E-state index in [2.05, 4.69) is 17.2 Å². The number of nitrogens with zero attached hydrogens (tertiary/aromatic N) is 2. The van der Waals surface area contributed by atoms with Gasteiger partial charge >= 0.3 is 0 Å². The third-order valence-electron chi connectivity index (χ3n) is 2.37. The molecule has 0 aliphatic carbocycles. The van der Waals surface area contributed by atoms with Crippen LogP contribution in [0, 0.1) is 18.3 Å². The van der Waals surface area contributed by atoms with Crippen LogP contribution in [-0.2, 0) is 0 Å². The van der Waals surface area contributed by atoms with E-state index in [1.165, 1.54) is 0 Å². The summed E-state index contributed by atoms with van der Waals surface area (Å²) < 4.78 is 0. The maximum Gasteiger partial charge on any atom is 0.101 e. The minimum absolute atomic E-state index is 0.763. The summed E-state index contributed by atoms with van der Waals surface area (Å²) in [5.41, 5.74) is 2.99. The third-order valence-corrected chi connectivity index (χ3v) is 2.96. The summed E-state index contributed by atoms with van der Waals surface area (Å²) in [6, 6.07) is 8.10. The van der Waals surface area contributed by atoms with Gasteiger partial charge in [-0.1, -0.05) is 12.1 Å². The summed E-state index contributed by atoms with van der Waals surface area (Å²) >= 11 is 1.82. The van der Waals surface area contributed by atoms with E-state index in [1.54, 1.807) is 0 Å². The molecule has 0 radical (unpaired) electrons. The third kappa shape index (κ3) is 2.90. The molecule has 0 saturated carbocycles. The lowest BCUT2D eigenvalue weighted by atomic mass is 10.1. The number of hydrogen-bond donors (Lipinski definition) is 0. The maximum absolute atomic E-state index is 9.04. The van der Waals surface area contributed by atoms with Crippen LogP contribution in [0.2, 0.25) is 0 Å². The second-order valence-electron chi connectivity index (χ2n) is 3.50. The van der Waals surface area contributed by atoms with E-state index in [-0.39, 0.29) is 0 Å². The van der Waals surface area contributed by atoms with Crippen molar-refractivity contribution in [1.29, 1.82) is 5.26 Å². The van der Waals surface area contributed by atoms with Crippen LogP contribution >= 0.6 is 11.8 Å². The Kier molecular flexibility index (Phi) is 4.51. The van der Waals surface area contributed by atoms with Crippen LogP contribution in [-0.4, -0.2) is 25.6 Å². The molecule has 0 spiro atoms. The predicted octanol–water partition coefficient (Wildman–Crippen LogP) is 2.67. The molecule has 0 atom stereocenters. The Morgan fingerprint density at radius 1 is 1.47 bits per heavy atom. The quantitative estimate of drug-likeness (QED) is 0.780. The molecule has 0 saturated heterocycles. The van der Waals surface area contributed by atoms with Gasteiger partial charge in [0.1, 0.15) is 6.07 Å². The van der Waals surface area contributed by atoms with Crippen molar-refractivity contribution in [3.8, 4) is 6.07 Å². The topological polar surface area (TPSA) is 27.0 Å². The molecular weight excluding hydrogens is 204 g/mol. The van der Waals surface area contributed by atoms with Crippen LogP contribution in [0.25, 0.3) is 0 Å². The standard InChI is InChI=1S/C12H16N2S/c1-10-5-4-6-11(9-13)12(10)14(2)7-8-15-3/h4-6H,7-8H2,1-3H3. The Morgan fingerprint density at radius 2 is 2.20 bits per heavy atom. The molecule has 0 fully saturated rings. The van der Waals surface area contributed by atoms with Crippen molar-refractivity contribution in [2.75, 3.05) is 30.5 Å². The lowest BCUT2D eigenvalue weighted by Gasteiger charge is -2.22. The van der Waals surface area contributed by atoms with Gasteiger partial charge in [-0.3, -0.25) is 0 Å². The van der Waals surface area contributed by atoms with Gasteiger partial charge in [0.25, 0.3) is 0 Å². The van der Waals surface area contributed by atoms with E-state index in [1.807, 2.05) is 43.9 Å². The van der Waals surface area contributed by atoms with Gasteiger partial charge in [0.05, 0.1) is 11.3 Å². The lowest BCUT2D eigenvalue weighted by Crippen LogP contribution is -2.22. The van der Waals surface area contributed by atoms with E-state index in [9.17, 15) is 0 Å². The molecule has 15 heavy (non-hydrogen) atoms. The number of benzene rings is 1. The molecule has 2 nitrogen and oxygen atoms in total. The summed E-state index contributed by atoms with van der Waals surface area (Å²) in [4.78, 5) is 2.16. The number of para-hydroxylation sites is 1. The van der Waals surface area contributed by atoms with Gasteiger partial charge in [0.2, 0.25) is 0 Å². The second kappa shape index (κ2) is 5.67. The fourth-order valence-corrected chi connectivity index (χ4v) is 2.05. The summed E-state index contributed by atoms with van der Waals surface area (Å²) in [7, 11) is 2.04. The smallest absolute Gasteiger partial charge is 0.101 e. The normalized spacial score (nSPS) is 9.73. The molecule has 0 amide bonds. The Morgan fingerprint density at radius 3 is 2.80 bits per heavy atom. The molecule has 1 aromatic carbocycles. The van der Waals surface area contributed by atoms with Crippen LogP contribution in [0.1, 0.15) is 11.1 Å². The SMILES string of the molecule is CSCCN(C)c1c(C)cccc1C#N. The molecule has 3 heteroatoms. The van der Waals surface area contributed by atoms with Gasteiger partial charge in [0, 0.05) is 19.3 Å². The van der Waals surface area contributed by atoms with E-state index in [4.69, 9.17) is 5.26 Å². The van der Waals surface area contributed by atoms with Gasteiger partial charge < -0.3 is 4.90 Å². The Hall–Kier alpha value is -1.14. The highest BCUT2D eigenvalue weighted by Crippen LogP contribution is 2.23. The van der Waals surface area contributed by atoms with Crippen molar-refractivity contribution < 1.29 is 0 Å². The average molecular weight is 220 g/mol. The first kappa shape index (κ1) is 11.9. The Bertz CT molecular complexity index is 368. The molecule has 0 N–H and O–H groups in total. The molecular formula is C12H16N2S. The van der Waals surface area contributed by atoms with Crippen molar-refractivity contribution in [3.05, 3.63) is 29.3 Å². The summed E-state index contributed by atoms with van der Waals surface area (Å²) in [6.07, 6.45) is 2.09. The molecule has 0 heterocycles. The zero-order valence-electron chi connectivity index (χ0n) is 9.45. The minimum Gasteiger partial charge on any atom is -0.372 e. The van der Waals surface area contributed by atoms with E-state index >= 15 is 0 Å². The van der Waals surface area contributed by atoms with Gasteiger partial charge in [-0.2, -0.15) is 17.0 Å². The second-order valence-corrected chi connectivity index (χ2v) is 4.48. The number of anilines is 1. The molecule has 0 aromatic heterocycles. The fourth-order valence-electron chi connectivity index (χ4n) is 1.60. The van der Waals surface area contributed by atoms with Crippen LogP contribution in [0.3, 0.4) is 0 Å². The van der Waals surface area contributed by atoms with Crippen molar-refractivity contribution in [1.82, 2.24) is 0 Å². The van der Waals surface area contributed by atoms with Crippen molar-refractivity contribution in [2.45, 2.75) is 6.92 Å². The van der Waals surface area contributed by atoms with E-state index in [0.29, 0.717) is 0 Å². The first-order chi connectivity index (χ1) is 7.20. The van der Waals surface area contributed by atoms with Crippen LogP contribution in [0.5, 0.6) is 0 Å². The number of rotatable bonds is 4. The van der Waals surface area contributed by atoms with Crippen molar-refractivity contribution in [3.63, 3.8) is 0 Å². The highest BCUT2D eigenvalue weighted by molar-refractivity contribution is 7.98. The monoisotopic (exact) mass is 220 g/mol. The van der Waals surface area contributed by atoms with Crippen LogP contribution in [0.15, 0.2) is 18.2 Å². The van der Waals surface area contributed by atoms with E-state index < -0.39 is 0 Å². The molecule has 1 rings (SSSR count). The number of hydrogen-bond acceptors (Lipinski definition) is 3. The zero-order chi connectivity index (χ0) is 11.3. The van der Waals surface area contributed by atoms with Crippen LogP contribution in [0.4, 0.5) is 5.69 Å². The first-order valence-corrected chi connectivity index (χ1v) is 6.30. The van der Waals surface area contributed by atoms with Crippen molar-refractivity contribution in [2.24, 2.45) is 0 Å². The molecule has 0 unspecified atom stereocenters. The van der Waals surface area contributed by atoms with Crippen LogP contribution < -0.4 is 4.90 Å². The maximum atomic E-state index is 9.04. The highest BCUT2D eigenvalue weighted by Gasteiger charge is 2.09. The average Bonchev–Trinajstić information content (AvgIpc) is 2.25. The van der Waals surface area contributed by atoms with E-state index in [0.717, 1.165) is 29.1 Å². The summed E-state index contributed by atoms with van der Waals surface area (Å²) in [6.45, 7) is 3.02. The highest BCUT2D eigenvalue weighted by atomic mass is 32.2. The predicted molar refractivity (Wildman–Crippen MR) is 67.5 cm³/mol. The lowest BCUT2D eigenvalue weighted by molar-refractivity contribution is 0.967.